The molecule has 1 aromatic rings. The molecule has 2 rings (SSSR count). The molecule has 0 saturated carbocycles. The zero-order chi connectivity index (χ0) is 22.1. The van der Waals surface area contributed by atoms with E-state index in [4.69, 9.17) is 9.88 Å². The third-order valence-electron chi connectivity index (χ3n) is 4.75. The number of nitrogens with two attached hydrogens (primary N) is 1. The molecule has 0 aliphatic heterocycles. The van der Waals surface area contributed by atoms with Crippen LogP contribution in [0.3, 0.4) is 0 Å². The van der Waals surface area contributed by atoms with Gasteiger partial charge in [0.25, 0.3) is 0 Å². The van der Waals surface area contributed by atoms with E-state index in [0.29, 0.717) is 24.5 Å². The van der Waals surface area contributed by atoms with E-state index < -0.39 is 16.0 Å². The maximum atomic E-state index is 12.5. The Bertz CT molecular complexity index is 926. The lowest BCUT2D eigenvalue weighted by Crippen LogP contribution is -2.29. The Morgan fingerprint density at radius 1 is 1.13 bits per heavy atom. The predicted octanol–water partition coefficient (Wildman–Crippen LogP) is 3.77. The highest BCUT2D eigenvalue weighted by Gasteiger charge is 2.29. The fourth-order valence-electron chi connectivity index (χ4n) is 3.14. The van der Waals surface area contributed by atoms with Crippen LogP contribution in [-0.4, -0.2) is 37.5 Å². The van der Waals surface area contributed by atoms with Gasteiger partial charge in [0.1, 0.15) is 10.7 Å². The monoisotopic (exact) mass is 434 g/mol. The van der Waals surface area contributed by atoms with Crippen molar-refractivity contribution in [3.05, 3.63) is 64.4 Å². The van der Waals surface area contributed by atoms with Crippen LogP contribution in [0, 0.1) is 0 Å². The second kappa shape index (κ2) is 11.0. The molecule has 0 spiro atoms. The molecule has 3 N–H and O–H groups in total. The van der Waals surface area contributed by atoms with Gasteiger partial charge in [-0.3, -0.25) is 0 Å². The number of para-hydroxylation sites is 1. The molecular formula is C22H30N2O5S. The lowest BCUT2D eigenvalue weighted by Gasteiger charge is -2.29. The Hall–Kier alpha value is -2.58. The number of carbonyl (C=O) groups is 1. The standard InChI is InChI=1S/C22H30N2O5S/c1-3-5-14-24(15-6-4-2)19-13-12-17(22(25)26)16-20(30(23,27)28)21(19)29-18-10-8-7-9-11-18/h7-12,16H,3-6,13-15H2,1-2H3,(H,25,26)(H2,23,27,28). The normalized spacial score (nSPS) is 14.6. The van der Waals surface area contributed by atoms with E-state index in [1.165, 1.54) is 6.08 Å². The lowest BCUT2D eigenvalue weighted by molar-refractivity contribution is -0.132. The quantitative estimate of drug-likeness (QED) is 0.549. The van der Waals surface area contributed by atoms with E-state index in [-0.39, 0.29) is 22.7 Å². The Morgan fingerprint density at radius 2 is 1.73 bits per heavy atom. The molecule has 0 aromatic heterocycles. The van der Waals surface area contributed by atoms with Gasteiger partial charge in [-0.25, -0.2) is 18.4 Å². The van der Waals surface area contributed by atoms with E-state index in [0.717, 1.165) is 31.8 Å². The van der Waals surface area contributed by atoms with Crippen LogP contribution in [0.1, 0.15) is 46.0 Å². The molecule has 0 atom stereocenters. The van der Waals surface area contributed by atoms with Gasteiger partial charge in [0.2, 0.25) is 10.0 Å². The van der Waals surface area contributed by atoms with Crippen molar-refractivity contribution in [1.29, 1.82) is 0 Å². The van der Waals surface area contributed by atoms with Gasteiger partial charge < -0.3 is 14.7 Å². The largest absolute Gasteiger partial charge is 0.478 e. The van der Waals surface area contributed by atoms with Crippen molar-refractivity contribution in [1.82, 2.24) is 4.90 Å². The summed E-state index contributed by atoms with van der Waals surface area (Å²) in [5.74, 6) is -0.683. The van der Waals surface area contributed by atoms with Crippen molar-refractivity contribution in [2.45, 2.75) is 46.0 Å². The summed E-state index contributed by atoms with van der Waals surface area (Å²) in [4.78, 5) is 13.4. The van der Waals surface area contributed by atoms with Gasteiger partial charge in [-0.15, -0.1) is 0 Å². The Labute approximate surface area is 178 Å². The molecule has 0 saturated heterocycles. The minimum absolute atomic E-state index is 0.0865. The molecule has 0 amide bonds. The highest BCUT2D eigenvalue weighted by molar-refractivity contribution is 7.93. The number of carboxylic acid groups (broad SMARTS) is 1. The fourth-order valence-corrected chi connectivity index (χ4v) is 3.84. The third kappa shape index (κ3) is 6.47. The first kappa shape index (κ1) is 23.7. The number of nitrogens with zero attached hydrogens (tertiary/aromatic N) is 1. The molecule has 1 aliphatic rings. The summed E-state index contributed by atoms with van der Waals surface area (Å²) in [6.07, 6.45) is 6.59. The molecule has 0 bridgehead atoms. The number of primary sulfonamides is 1. The van der Waals surface area contributed by atoms with E-state index in [9.17, 15) is 18.3 Å². The third-order valence-corrected chi connectivity index (χ3v) is 5.67. The van der Waals surface area contributed by atoms with E-state index >= 15 is 0 Å². The van der Waals surface area contributed by atoms with Crippen LogP contribution < -0.4 is 9.88 Å². The lowest BCUT2D eigenvalue weighted by atomic mass is 10.1. The predicted molar refractivity (Wildman–Crippen MR) is 117 cm³/mol. The van der Waals surface area contributed by atoms with Crippen LogP contribution in [0.2, 0.25) is 0 Å². The number of hydrogen-bond acceptors (Lipinski definition) is 5. The first-order chi connectivity index (χ1) is 14.3. The summed E-state index contributed by atoms with van der Waals surface area (Å²) in [5.41, 5.74) is 0.492. The van der Waals surface area contributed by atoms with Crippen molar-refractivity contribution in [3.8, 4) is 5.75 Å². The molecule has 164 valence electrons. The van der Waals surface area contributed by atoms with Crippen molar-refractivity contribution < 1.29 is 23.1 Å². The van der Waals surface area contributed by atoms with Gasteiger partial charge >= 0.3 is 5.97 Å². The number of ether oxygens (including phenoxy) is 1. The summed E-state index contributed by atoms with van der Waals surface area (Å²) in [7, 11) is -4.24. The highest BCUT2D eigenvalue weighted by Crippen LogP contribution is 2.31. The summed E-state index contributed by atoms with van der Waals surface area (Å²) < 4.78 is 31.0. The summed E-state index contributed by atoms with van der Waals surface area (Å²) in [6, 6.07) is 8.80. The Morgan fingerprint density at radius 3 is 2.23 bits per heavy atom. The number of rotatable bonds is 11. The Kier molecular flexibility index (Phi) is 8.68. The maximum Gasteiger partial charge on any atom is 0.335 e. The van der Waals surface area contributed by atoms with Gasteiger partial charge in [0.15, 0.2) is 5.76 Å². The number of aliphatic carboxylic acids is 1. The number of allylic oxidation sites excluding steroid dienone is 1. The molecule has 30 heavy (non-hydrogen) atoms. The number of unbranched alkanes of at least 4 members (excludes halogenated alkanes) is 2. The zero-order valence-electron chi connectivity index (χ0n) is 17.5. The number of sulfonamides is 1. The topological polar surface area (TPSA) is 110 Å². The summed E-state index contributed by atoms with van der Waals surface area (Å²) >= 11 is 0. The Balaban J connectivity index is 2.67. The van der Waals surface area contributed by atoms with Gasteiger partial charge in [0.05, 0.1) is 11.3 Å². The molecular weight excluding hydrogens is 404 g/mol. The first-order valence-corrected chi connectivity index (χ1v) is 11.7. The second-order valence-electron chi connectivity index (χ2n) is 7.11. The highest BCUT2D eigenvalue weighted by atomic mass is 32.2. The van der Waals surface area contributed by atoms with Crippen LogP contribution in [0.15, 0.2) is 64.4 Å². The van der Waals surface area contributed by atoms with Crippen LogP contribution in [-0.2, 0) is 14.8 Å². The van der Waals surface area contributed by atoms with Crippen molar-refractivity contribution in [2.24, 2.45) is 5.14 Å². The summed E-state index contributed by atoms with van der Waals surface area (Å²) in [5, 5.41) is 15.0. The SMILES string of the molecule is CCCCN(CCCC)C1=C(Oc2ccccc2)C(S(N)(=O)=O)=CC(C(=O)O)=CC1. The van der Waals surface area contributed by atoms with E-state index in [1.807, 2.05) is 6.07 Å². The van der Waals surface area contributed by atoms with E-state index in [1.54, 1.807) is 24.3 Å². The molecule has 1 aliphatic carbocycles. The molecule has 0 radical (unpaired) electrons. The molecule has 8 heteroatoms. The van der Waals surface area contributed by atoms with Crippen molar-refractivity contribution in [2.75, 3.05) is 13.1 Å². The molecule has 1 aromatic carbocycles. The van der Waals surface area contributed by atoms with Gasteiger partial charge in [-0.05, 0) is 31.1 Å². The van der Waals surface area contributed by atoms with Crippen molar-refractivity contribution in [3.63, 3.8) is 0 Å². The van der Waals surface area contributed by atoms with Gasteiger partial charge in [0, 0.05) is 19.5 Å². The first-order valence-electron chi connectivity index (χ1n) is 10.2. The van der Waals surface area contributed by atoms with Crippen LogP contribution >= 0.6 is 0 Å². The average molecular weight is 435 g/mol. The molecule has 0 fully saturated rings. The number of hydrogen-bond donors (Lipinski definition) is 2. The van der Waals surface area contributed by atoms with Gasteiger partial charge in [-0.2, -0.15) is 0 Å². The van der Waals surface area contributed by atoms with Crippen LogP contribution in [0.25, 0.3) is 0 Å². The smallest absolute Gasteiger partial charge is 0.335 e. The molecule has 0 heterocycles. The van der Waals surface area contributed by atoms with Crippen LogP contribution in [0.4, 0.5) is 0 Å². The summed E-state index contributed by atoms with van der Waals surface area (Å²) in [6.45, 7) is 5.58. The number of carboxylic acids is 1. The van der Waals surface area contributed by atoms with E-state index in [2.05, 4.69) is 18.7 Å². The second-order valence-corrected chi connectivity index (χ2v) is 8.64. The zero-order valence-corrected chi connectivity index (χ0v) is 18.3. The van der Waals surface area contributed by atoms with Gasteiger partial charge in [-0.1, -0.05) is 51.0 Å². The minimum atomic E-state index is -4.24. The van der Waals surface area contributed by atoms with Crippen molar-refractivity contribution >= 4 is 16.0 Å². The van der Waals surface area contributed by atoms with Crippen LogP contribution in [0.5, 0.6) is 5.75 Å². The number of benzene rings is 1. The average Bonchev–Trinajstić information content (AvgIpc) is 2.89. The molecule has 0 unspecified atom stereocenters. The molecule has 7 nitrogen and oxygen atoms in total. The maximum absolute atomic E-state index is 12.5. The fraction of sp³-hybridized carbons (Fsp3) is 0.409. The minimum Gasteiger partial charge on any atom is -0.478 e.